The highest BCUT2D eigenvalue weighted by molar-refractivity contribution is 5.87. The molecule has 1 atom stereocenters. The summed E-state index contributed by atoms with van der Waals surface area (Å²) in [6, 6.07) is -0.339. The van der Waals surface area contributed by atoms with Gasteiger partial charge >= 0.3 is 0 Å². The molecule has 2 heterocycles. The molecule has 1 N–H and O–H groups in total. The quantitative estimate of drug-likeness (QED) is 0.908. The highest BCUT2D eigenvalue weighted by Crippen LogP contribution is 2.19. The Bertz CT molecular complexity index is 565. The van der Waals surface area contributed by atoms with Gasteiger partial charge < -0.3 is 10.2 Å². The lowest BCUT2D eigenvalue weighted by Gasteiger charge is -2.34. The maximum atomic E-state index is 12.6. The van der Waals surface area contributed by atoms with Crippen LogP contribution in [0.25, 0.3) is 0 Å². The van der Waals surface area contributed by atoms with Gasteiger partial charge in [0.25, 0.3) is 0 Å². The smallest absolute Gasteiger partial charge is 0.244 e. The van der Waals surface area contributed by atoms with Gasteiger partial charge in [-0.25, -0.2) is 0 Å². The summed E-state index contributed by atoms with van der Waals surface area (Å²) in [5, 5.41) is 7.14. The van der Waals surface area contributed by atoms with Gasteiger partial charge in [-0.2, -0.15) is 5.10 Å². The first kappa shape index (κ1) is 16.5. The van der Waals surface area contributed by atoms with Crippen molar-refractivity contribution in [2.75, 3.05) is 13.6 Å². The number of rotatable bonds is 4. The fraction of sp³-hybridized carbons (Fsp3) is 0.688. The molecule has 122 valence electrons. The molecule has 1 aliphatic heterocycles. The first-order chi connectivity index (χ1) is 10.5. The van der Waals surface area contributed by atoms with Crippen LogP contribution in [0, 0.1) is 13.8 Å². The van der Waals surface area contributed by atoms with Crippen LogP contribution in [0.5, 0.6) is 0 Å². The Labute approximate surface area is 131 Å². The molecule has 1 aromatic rings. The summed E-state index contributed by atoms with van der Waals surface area (Å²) in [5.41, 5.74) is 3.23. The van der Waals surface area contributed by atoms with Crippen LogP contribution in [-0.4, -0.2) is 46.1 Å². The van der Waals surface area contributed by atoms with E-state index in [-0.39, 0.29) is 24.4 Å². The van der Waals surface area contributed by atoms with Gasteiger partial charge in [-0.1, -0.05) is 6.92 Å². The summed E-state index contributed by atoms with van der Waals surface area (Å²) in [7, 11) is 1.62. The van der Waals surface area contributed by atoms with E-state index < -0.39 is 0 Å². The van der Waals surface area contributed by atoms with Crippen molar-refractivity contribution in [2.45, 2.75) is 59.0 Å². The molecule has 6 heteroatoms. The molecule has 0 aliphatic carbocycles. The lowest BCUT2D eigenvalue weighted by molar-refractivity contribution is -0.142. The first-order valence-corrected chi connectivity index (χ1v) is 8.03. The topological polar surface area (TPSA) is 67.2 Å². The molecule has 1 unspecified atom stereocenters. The van der Waals surface area contributed by atoms with Crippen LogP contribution in [0.3, 0.4) is 0 Å². The van der Waals surface area contributed by atoms with Gasteiger partial charge in [0.2, 0.25) is 11.8 Å². The fourth-order valence-corrected chi connectivity index (χ4v) is 3.29. The van der Waals surface area contributed by atoms with Crippen molar-refractivity contribution in [3.05, 3.63) is 17.0 Å². The Morgan fingerprint density at radius 3 is 2.64 bits per heavy atom. The molecule has 2 rings (SSSR count). The lowest BCUT2D eigenvalue weighted by Crippen LogP contribution is -2.52. The monoisotopic (exact) mass is 306 g/mol. The number of hydrogen-bond acceptors (Lipinski definition) is 3. The second-order valence-electron chi connectivity index (χ2n) is 5.87. The number of nitrogens with one attached hydrogen (secondary N) is 1. The minimum atomic E-state index is -0.339. The Hall–Kier alpha value is -1.85. The zero-order chi connectivity index (χ0) is 16.3. The number of piperidine rings is 1. The molecule has 0 bridgehead atoms. The Morgan fingerprint density at radius 2 is 2.05 bits per heavy atom. The van der Waals surface area contributed by atoms with Crippen molar-refractivity contribution in [3.8, 4) is 0 Å². The van der Waals surface area contributed by atoms with Crippen molar-refractivity contribution in [1.29, 1.82) is 0 Å². The third-order valence-corrected chi connectivity index (χ3v) is 4.54. The third-order valence-electron chi connectivity index (χ3n) is 4.54. The van der Waals surface area contributed by atoms with E-state index in [4.69, 9.17) is 0 Å². The minimum Gasteiger partial charge on any atom is -0.357 e. The van der Waals surface area contributed by atoms with Gasteiger partial charge in [0, 0.05) is 19.3 Å². The largest absolute Gasteiger partial charge is 0.357 e. The van der Waals surface area contributed by atoms with E-state index >= 15 is 0 Å². The van der Waals surface area contributed by atoms with Crippen molar-refractivity contribution in [2.24, 2.45) is 0 Å². The van der Waals surface area contributed by atoms with Gasteiger partial charge in [-0.15, -0.1) is 0 Å². The normalized spacial score (nSPS) is 18.4. The van der Waals surface area contributed by atoms with Gasteiger partial charge in [0.15, 0.2) is 0 Å². The summed E-state index contributed by atoms with van der Waals surface area (Å²) in [6.07, 6.45) is 3.59. The Morgan fingerprint density at radius 1 is 1.32 bits per heavy atom. The molecule has 6 nitrogen and oxygen atoms in total. The van der Waals surface area contributed by atoms with Crippen molar-refractivity contribution in [3.63, 3.8) is 0 Å². The second kappa shape index (κ2) is 6.94. The number of aromatic nitrogens is 2. The molecule has 1 aromatic heterocycles. The van der Waals surface area contributed by atoms with Crippen LogP contribution >= 0.6 is 0 Å². The van der Waals surface area contributed by atoms with Gasteiger partial charge in [0.1, 0.15) is 12.6 Å². The number of carbonyl (C=O) groups excluding carboxylic acids is 2. The predicted molar refractivity (Wildman–Crippen MR) is 84.5 cm³/mol. The van der Waals surface area contributed by atoms with Crippen LogP contribution in [-0.2, 0) is 22.6 Å². The first-order valence-electron chi connectivity index (χ1n) is 8.03. The number of likely N-dealkylation sites (N-methyl/N-ethyl adjacent to an activating group) is 1. The molecule has 0 saturated carbocycles. The van der Waals surface area contributed by atoms with Crippen LogP contribution in [0.4, 0.5) is 0 Å². The van der Waals surface area contributed by atoms with E-state index in [9.17, 15) is 9.59 Å². The molecule has 2 amide bonds. The number of nitrogens with zero attached hydrogens (tertiary/aromatic N) is 3. The van der Waals surface area contributed by atoms with E-state index in [1.807, 2.05) is 13.8 Å². The predicted octanol–water partition coefficient (Wildman–Crippen LogP) is 1.19. The van der Waals surface area contributed by atoms with Crippen LogP contribution < -0.4 is 5.32 Å². The summed E-state index contributed by atoms with van der Waals surface area (Å²) < 4.78 is 1.77. The van der Waals surface area contributed by atoms with E-state index in [2.05, 4.69) is 17.3 Å². The molecule has 1 saturated heterocycles. The molecule has 1 aliphatic rings. The van der Waals surface area contributed by atoms with Crippen molar-refractivity contribution >= 4 is 11.8 Å². The average molecular weight is 306 g/mol. The number of hydrogen-bond donors (Lipinski definition) is 1. The van der Waals surface area contributed by atoms with E-state index in [0.717, 1.165) is 37.1 Å². The second-order valence-corrected chi connectivity index (χ2v) is 5.87. The zero-order valence-corrected chi connectivity index (χ0v) is 14.0. The maximum Gasteiger partial charge on any atom is 0.244 e. The van der Waals surface area contributed by atoms with Crippen LogP contribution in [0.15, 0.2) is 0 Å². The maximum absolute atomic E-state index is 12.6. The summed E-state index contributed by atoms with van der Waals surface area (Å²) >= 11 is 0. The lowest BCUT2D eigenvalue weighted by atomic mass is 10.0. The van der Waals surface area contributed by atoms with Crippen LogP contribution in [0.2, 0.25) is 0 Å². The highest BCUT2D eigenvalue weighted by atomic mass is 16.2. The van der Waals surface area contributed by atoms with Gasteiger partial charge in [-0.05, 0) is 45.1 Å². The van der Waals surface area contributed by atoms with E-state index in [0.29, 0.717) is 6.54 Å². The number of carbonyl (C=O) groups is 2. The number of amides is 2. The standard InChI is InChI=1S/C16H26N4O2/c1-5-13-11(2)18-20(12(13)3)10-15(21)19-9-7-6-8-14(19)16(22)17-4/h14H,5-10H2,1-4H3,(H,17,22). The number of aryl methyl sites for hydroxylation is 1. The molecule has 1 fully saturated rings. The third kappa shape index (κ3) is 3.15. The molecule has 0 radical (unpaired) electrons. The van der Waals surface area contributed by atoms with Gasteiger partial charge in [-0.3, -0.25) is 14.3 Å². The van der Waals surface area contributed by atoms with E-state index in [1.54, 1.807) is 16.6 Å². The number of likely N-dealkylation sites (tertiary alicyclic amines) is 1. The highest BCUT2D eigenvalue weighted by Gasteiger charge is 2.31. The fourth-order valence-electron chi connectivity index (χ4n) is 3.29. The Balaban J connectivity index is 2.15. The van der Waals surface area contributed by atoms with Crippen molar-refractivity contribution < 1.29 is 9.59 Å². The van der Waals surface area contributed by atoms with E-state index in [1.165, 1.54) is 5.56 Å². The van der Waals surface area contributed by atoms with Crippen LogP contribution in [0.1, 0.15) is 43.1 Å². The molecule has 22 heavy (non-hydrogen) atoms. The molecular weight excluding hydrogens is 280 g/mol. The molecule has 0 spiro atoms. The summed E-state index contributed by atoms with van der Waals surface area (Å²) in [4.78, 5) is 26.3. The summed E-state index contributed by atoms with van der Waals surface area (Å²) in [6.45, 7) is 6.92. The zero-order valence-electron chi connectivity index (χ0n) is 14.0. The molecular formula is C16H26N4O2. The molecule has 0 aromatic carbocycles. The summed E-state index contributed by atoms with van der Waals surface area (Å²) in [5.74, 6) is -0.0998. The Kier molecular flexibility index (Phi) is 5.21. The average Bonchev–Trinajstić information content (AvgIpc) is 2.79. The minimum absolute atomic E-state index is 0.0263. The van der Waals surface area contributed by atoms with Crippen molar-refractivity contribution in [1.82, 2.24) is 20.0 Å². The SMILES string of the molecule is CCc1c(C)nn(CC(=O)N2CCCCC2C(=O)NC)c1C. The van der Waals surface area contributed by atoms with Gasteiger partial charge in [0.05, 0.1) is 5.69 Å².